The molecule has 0 spiro atoms. The molecule has 0 aliphatic rings. The molecule has 6 nitrogen and oxygen atoms in total. The van der Waals surface area contributed by atoms with Gasteiger partial charge in [-0.2, -0.15) is 0 Å². The number of halogens is 1. The van der Waals surface area contributed by atoms with E-state index in [0.717, 1.165) is 5.56 Å². The maximum atomic E-state index is 12.5. The maximum Gasteiger partial charge on any atom is 0.265 e. The van der Waals surface area contributed by atoms with Gasteiger partial charge in [-0.05, 0) is 62.4 Å². The Balaban J connectivity index is 1.62. The molecule has 3 rings (SSSR count). The highest BCUT2D eigenvalue weighted by Gasteiger charge is 2.17. The third-order valence-corrected chi connectivity index (χ3v) is 5.96. The van der Waals surface area contributed by atoms with Crippen LogP contribution in [0.15, 0.2) is 77.7 Å². The molecule has 1 amide bonds. The van der Waals surface area contributed by atoms with Gasteiger partial charge in [-0.1, -0.05) is 41.4 Å². The van der Waals surface area contributed by atoms with Crippen LogP contribution in [0.4, 0.5) is 11.4 Å². The molecule has 8 heteroatoms. The summed E-state index contributed by atoms with van der Waals surface area (Å²) in [6.45, 7) is 3.50. The molecule has 1 unspecified atom stereocenters. The Morgan fingerprint density at radius 3 is 2.17 bits per heavy atom. The largest absolute Gasteiger partial charge is 0.479 e. The van der Waals surface area contributed by atoms with Gasteiger partial charge in [0.2, 0.25) is 0 Å². The van der Waals surface area contributed by atoms with E-state index in [2.05, 4.69) is 10.0 Å². The van der Waals surface area contributed by atoms with E-state index in [1.807, 2.05) is 6.92 Å². The lowest BCUT2D eigenvalue weighted by Crippen LogP contribution is -2.30. The van der Waals surface area contributed by atoms with Gasteiger partial charge in [0.1, 0.15) is 5.75 Å². The first-order valence-corrected chi connectivity index (χ1v) is 11.0. The van der Waals surface area contributed by atoms with E-state index in [4.69, 9.17) is 16.3 Å². The summed E-state index contributed by atoms with van der Waals surface area (Å²) >= 11 is 6.04. The van der Waals surface area contributed by atoms with Crippen molar-refractivity contribution in [3.8, 4) is 5.75 Å². The molecule has 3 aromatic carbocycles. The molecule has 0 fully saturated rings. The van der Waals surface area contributed by atoms with Crippen LogP contribution in [-0.2, 0) is 14.8 Å². The van der Waals surface area contributed by atoms with E-state index in [-0.39, 0.29) is 10.8 Å². The van der Waals surface area contributed by atoms with Crippen molar-refractivity contribution in [1.82, 2.24) is 0 Å². The van der Waals surface area contributed by atoms with Gasteiger partial charge in [-0.3, -0.25) is 9.52 Å². The van der Waals surface area contributed by atoms with Gasteiger partial charge >= 0.3 is 0 Å². The van der Waals surface area contributed by atoms with E-state index in [9.17, 15) is 13.2 Å². The molecule has 0 aromatic heterocycles. The molecule has 0 aliphatic heterocycles. The fourth-order valence-corrected chi connectivity index (χ4v) is 3.82. The van der Waals surface area contributed by atoms with Crippen molar-refractivity contribution in [1.29, 1.82) is 0 Å². The normalized spacial score (nSPS) is 12.1. The fraction of sp³-hybridized carbons (Fsp3) is 0.136. The van der Waals surface area contributed by atoms with Crippen LogP contribution in [0, 0.1) is 6.92 Å². The summed E-state index contributed by atoms with van der Waals surface area (Å²) in [5.74, 6) is 0.0607. The van der Waals surface area contributed by atoms with Crippen LogP contribution >= 0.6 is 11.6 Å². The summed E-state index contributed by atoms with van der Waals surface area (Å²) in [6, 6.07) is 19.8. The Morgan fingerprint density at radius 1 is 0.933 bits per heavy atom. The predicted octanol–water partition coefficient (Wildman–Crippen LogP) is 4.86. The quantitative estimate of drug-likeness (QED) is 0.545. The van der Waals surface area contributed by atoms with Gasteiger partial charge in [0.25, 0.3) is 15.9 Å². The van der Waals surface area contributed by atoms with Gasteiger partial charge in [0, 0.05) is 11.4 Å². The summed E-state index contributed by atoms with van der Waals surface area (Å²) < 4.78 is 33.0. The monoisotopic (exact) mass is 444 g/mol. The Bertz CT molecular complexity index is 1130. The number of hydrogen-bond donors (Lipinski definition) is 2. The van der Waals surface area contributed by atoms with Crippen molar-refractivity contribution in [2.75, 3.05) is 10.0 Å². The van der Waals surface area contributed by atoms with Gasteiger partial charge in [-0.15, -0.1) is 0 Å². The smallest absolute Gasteiger partial charge is 0.265 e. The lowest BCUT2D eigenvalue weighted by Gasteiger charge is -2.16. The molecule has 0 heterocycles. The third-order valence-electron chi connectivity index (χ3n) is 4.25. The Labute approximate surface area is 180 Å². The van der Waals surface area contributed by atoms with E-state index in [1.165, 1.54) is 0 Å². The van der Waals surface area contributed by atoms with Crippen LogP contribution in [0.25, 0.3) is 0 Å². The Hall–Kier alpha value is -3.03. The molecule has 2 N–H and O–H groups in total. The summed E-state index contributed by atoms with van der Waals surface area (Å²) in [7, 11) is -3.69. The van der Waals surface area contributed by atoms with Gasteiger partial charge < -0.3 is 10.1 Å². The molecular formula is C22H21ClN2O4S. The second-order valence-corrected chi connectivity index (χ2v) is 8.77. The number of rotatable bonds is 7. The summed E-state index contributed by atoms with van der Waals surface area (Å²) in [4.78, 5) is 12.5. The van der Waals surface area contributed by atoms with Crippen LogP contribution in [0.5, 0.6) is 5.75 Å². The number of carbonyl (C=O) groups excluding carboxylic acids is 1. The van der Waals surface area contributed by atoms with Crippen LogP contribution in [0.2, 0.25) is 5.02 Å². The van der Waals surface area contributed by atoms with Crippen LogP contribution < -0.4 is 14.8 Å². The molecule has 1 atom stereocenters. The van der Waals surface area contributed by atoms with Crippen LogP contribution in [-0.4, -0.2) is 20.4 Å². The van der Waals surface area contributed by atoms with Gasteiger partial charge in [0.05, 0.1) is 9.92 Å². The third kappa shape index (κ3) is 5.52. The van der Waals surface area contributed by atoms with Crippen molar-refractivity contribution >= 4 is 38.9 Å². The first-order chi connectivity index (χ1) is 14.2. The van der Waals surface area contributed by atoms with Crippen molar-refractivity contribution in [2.24, 2.45) is 0 Å². The highest BCUT2D eigenvalue weighted by Crippen LogP contribution is 2.25. The number of amides is 1. The lowest BCUT2D eigenvalue weighted by atomic mass is 10.2. The SMILES string of the molecule is Cc1ccc(S(=O)(=O)Nc2ccc(NC(=O)C(C)Oc3ccccc3Cl)cc2)cc1. The standard InChI is InChI=1S/C22H21ClN2O4S/c1-15-7-13-19(14-8-15)30(27,28)25-18-11-9-17(10-12-18)24-22(26)16(2)29-21-6-4-3-5-20(21)23/h3-14,16,25H,1-2H3,(H,24,26). The van der Waals surface area contributed by atoms with E-state index >= 15 is 0 Å². The number of para-hydroxylation sites is 1. The van der Waals surface area contributed by atoms with Crippen molar-refractivity contribution in [2.45, 2.75) is 24.8 Å². The van der Waals surface area contributed by atoms with Crippen molar-refractivity contribution < 1.29 is 17.9 Å². The molecule has 0 bridgehead atoms. The number of benzene rings is 3. The number of anilines is 2. The van der Waals surface area contributed by atoms with Crippen molar-refractivity contribution in [3.63, 3.8) is 0 Å². The Kier molecular flexibility index (Phi) is 6.64. The summed E-state index contributed by atoms with van der Waals surface area (Å²) in [5.41, 5.74) is 1.86. The number of aryl methyl sites for hydroxylation is 1. The van der Waals surface area contributed by atoms with E-state index in [1.54, 1.807) is 79.7 Å². The minimum Gasteiger partial charge on any atom is -0.479 e. The number of ether oxygens (including phenoxy) is 1. The highest BCUT2D eigenvalue weighted by molar-refractivity contribution is 7.92. The average Bonchev–Trinajstić information content (AvgIpc) is 2.71. The zero-order valence-corrected chi connectivity index (χ0v) is 18.0. The minimum atomic E-state index is -3.69. The van der Waals surface area contributed by atoms with Crippen LogP contribution in [0.1, 0.15) is 12.5 Å². The second kappa shape index (κ2) is 9.19. The first kappa shape index (κ1) is 21.7. The van der Waals surface area contributed by atoms with Gasteiger partial charge in [0.15, 0.2) is 6.10 Å². The molecule has 30 heavy (non-hydrogen) atoms. The predicted molar refractivity (Wildman–Crippen MR) is 119 cm³/mol. The van der Waals surface area contributed by atoms with E-state index < -0.39 is 16.1 Å². The zero-order valence-electron chi connectivity index (χ0n) is 16.4. The molecule has 0 aliphatic carbocycles. The zero-order chi connectivity index (χ0) is 21.7. The average molecular weight is 445 g/mol. The molecule has 0 saturated heterocycles. The number of nitrogens with one attached hydrogen (secondary N) is 2. The molecule has 0 radical (unpaired) electrons. The number of sulfonamides is 1. The summed E-state index contributed by atoms with van der Waals surface area (Å²) in [5, 5.41) is 3.14. The lowest BCUT2D eigenvalue weighted by molar-refractivity contribution is -0.122. The summed E-state index contributed by atoms with van der Waals surface area (Å²) in [6.07, 6.45) is -0.774. The van der Waals surface area contributed by atoms with Crippen LogP contribution in [0.3, 0.4) is 0 Å². The molecular weight excluding hydrogens is 424 g/mol. The minimum absolute atomic E-state index is 0.177. The second-order valence-electron chi connectivity index (χ2n) is 6.68. The molecule has 3 aromatic rings. The topological polar surface area (TPSA) is 84.5 Å². The molecule has 156 valence electrons. The number of hydrogen-bond acceptors (Lipinski definition) is 4. The van der Waals surface area contributed by atoms with Crippen molar-refractivity contribution in [3.05, 3.63) is 83.4 Å². The van der Waals surface area contributed by atoms with Gasteiger partial charge in [-0.25, -0.2) is 8.42 Å². The van der Waals surface area contributed by atoms with E-state index in [0.29, 0.717) is 22.1 Å². The number of carbonyl (C=O) groups is 1. The fourth-order valence-electron chi connectivity index (χ4n) is 2.58. The highest BCUT2D eigenvalue weighted by atomic mass is 35.5. The molecule has 0 saturated carbocycles. The Morgan fingerprint density at radius 2 is 1.53 bits per heavy atom. The maximum absolute atomic E-state index is 12.5. The first-order valence-electron chi connectivity index (χ1n) is 9.16.